The summed E-state index contributed by atoms with van der Waals surface area (Å²) < 4.78 is 5.95. The Labute approximate surface area is 141 Å². The van der Waals surface area contributed by atoms with Gasteiger partial charge in [-0.25, -0.2) is 4.79 Å². The van der Waals surface area contributed by atoms with Crippen LogP contribution in [0.1, 0.15) is 60.8 Å². The molecule has 0 aromatic carbocycles. The Kier molecular flexibility index (Phi) is 7.33. The lowest BCUT2D eigenvalue weighted by atomic mass is 9.78. The van der Waals surface area contributed by atoms with Crippen molar-refractivity contribution in [3.8, 4) is 0 Å². The van der Waals surface area contributed by atoms with E-state index in [1.54, 1.807) is 6.92 Å². The molecule has 1 heterocycles. The van der Waals surface area contributed by atoms with E-state index in [0.717, 1.165) is 19.4 Å². The van der Waals surface area contributed by atoms with E-state index in [1.807, 2.05) is 13.8 Å². The van der Waals surface area contributed by atoms with Gasteiger partial charge in [-0.1, -0.05) is 34.6 Å². The molecule has 136 valence electrons. The molecule has 1 saturated heterocycles. The SMILES string of the molecule is CC(O)CC(C)(C)CNC(=O)NCC1CCCOC1C(C)(C)C. The van der Waals surface area contributed by atoms with Crippen LogP contribution in [0.2, 0.25) is 0 Å². The molecule has 0 bridgehead atoms. The predicted molar refractivity (Wildman–Crippen MR) is 93.4 cm³/mol. The summed E-state index contributed by atoms with van der Waals surface area (Å²) in [6.45, 7) is 14.4. The number of ether oxygens (including phenoxy) is 1. The first-order valence-electron chi connectivity index (χ1n) is 8.83. The first-order valence-corrected chi connectivity index (χ1v) is 8.83. The third-order valence-electron chi connectivity index (χ3n) is 4.40. The molecule has 0 saturated carbocycles. The Morgan fingerprint density at radius 1 is 1.26 bits per heavy atom. The highest BCUT2D eigenvalue weighted by molar-refractivity contribution is 5.73. The van der Waals surface area contributed by atoms with Crippen molar-refractivity contribution < 1.29 is 14.6 Å². The molecule has 23 heavy (non-hydrogen) atoms. The largest absolute Gasteiger partial charge is 0.393 e. The molecule has 3 unspecified atom stereocenters. The van der Waals surface area contributed by atoms with Gasteiger partial charge in [0.15, 0.2) is 0 Å². The maximum Gasteiger partial charge on any atom is 0.314 e. The number of hydrogen-bond acceptors (Lipinski definition) is 3. The molecule has 1 aliphatic rings. The van der Waals surface area contributed by atoms with Crippen LogP contribution < -0.4 is 10.6 Å². The highest BCUT2D eigenvalue weighted by atomic mass is 16.5. The standard InChI is InChI=1S/C18H36N2O3/c1-13(21)10-18(5,6)12-20-16(22)19-11-14-8-7-9-23-15(14)17(2,3)4/h13-15,21H,7-12H2,1-6H3,(H2,19,20,22). The fourth-order valence-electron chi connectivity index (χ4n) is 3.49. The van der Waals surface area contributed by atoms with Crippen LogP contribution in [0.25, 0.3) is 0 Å². The van der Waals surface area contributed by atoms with Crippen LogP contribution >= 0.6 is 0 Å². The van der Waals surface area contributed by atoms with E-state index in [2.05, 4.69) is 31.4 Å². The van der Waals surface area contributed by atoms with Crippen LogP contribution in [0.3, 0.4) is 0 Å². The minimum absolute atomic E-state index is 0.0858. The predicted octanol–water partition coefficient (Wildman–Crippen LogP) is 2.92. The van der Waals surface area contributed by atoms with Gasteiger partial charge in [-0.15, -0.1) is 0 Å². The summed E-state index contributed by atoms with van der Waals surface area (Å²) in [6.07, 6.45) is 2.64. The zero-order valence-corrected chi connectivity index (χ0v) is 15.7. The van der Waals surface area contributed by atoms with E-state index in [0.29, 0.717) is 25.4 Å². The molecular formula is C18H36N2O3. The third-order valence-corrected chi connectivity index (χ3v) is 4.40. The van der Waals surface area contributed by atoms with E-state index in [4.69, 9.17) is 4.74 Å². The molecule has 5 heteroatoms. The number of carbonyl (C=O) groups excluding carboxylic acids is 1. The average Bonchev–Trinajstić information content (AvgIpc) is 2.41. The van der Waals surface area contributed by atoms with E-state index < -0.39 is 0 Å². The summed E-state index contributed by atoms with van der Waals surface area (Å²) in [5.74, 6) is 0.361. The normalized spacial score (nSPS) is 24.1. The molecule has 1 rings (SSSR count). The molecule has 0 spiro atoms. The second kappa shape index (κ2) is 8.34. The van der Waals surface area contributed by atoms with Crippen LogP contribution in [0.4, 0.5) is 4.79 Å². The van der Waals surface area contributed by atoms with Gasteiger partial charge in [0.05, 0.1) is 12.2 Å². The minimum Gasteiger partial charge on any atom is -0.393 e. The summed E-state index contributed by atoms with van der Waals surface area (Å²) >= 11 is 0. The Bertz CT molecular complexity index is 375. The number of carbonyl (C=O) groups is 1. The van der Waals surface area contributed by atoms with Gasteiger partial charge in [0.25, 0.3) is 0 Å². The number of urea groups is 1. The maximum atomic E-state index is 12.0. The van der Waals surface area contributed by atoms with E-state index in [9.17, 15) is 9.90 Å². The second-order valence-electron chi connectivity index (χ2n) is 8.84. The highest BCUT2D eigenvalue weighted by Crippen LogP contribution is 2.33. The smallest absolute Gasteiger partial charge is 0.314 e. The topological polar surface area (TPSA) is 70.6 Å². The molecule has 2 amide bonds. The molecule has 5 nitrogen and oxygen atoms in total. The molecular weight excluding hydrogens is 292 g/mol. The van der Waals surface area contributed by atoms with Crippen molar-refractivity contribution in [2.45, 2.75) is 73.0 Å². The molecule has 0 aliphatic carbocycles. The molecule has 3 N–H and O–H groups in total. The first kappa shape index (κ1) is 20.2. The summed E-state index contributed by atoms with van der Waals surface area (Å²) in [7, 11) is 0. The van der Waals surface area contributed by atoms with Gasteiger partial charge in [0, 0.05) is 25.6 Å². The lowest BCUT2D eigenvalue weighted by Gasteiger charge is -2.40. The van der Waals surface area contributed by atoms with Crippen molar-refractivity contribution >= 4 is 6.03 Å². The molecule has 0 radical (unpaired) electrons. The van der Waals surface area contributed by atoms with E-state index in [1.165, 1.54) is 0 Å². The maximum absolute atomic E-state index is 12.0. The number of amides is 2. The fourth-order valence-corrected chi connectivity index (χ4v) is 3.49. The summed E-state index contributed by atoms with van der Waals surface area (Å²) in [5, 5.41) is 15.4. The van der Waals surface area contributed by atoms with Crippen LogP contribution in [0, 0.1) is 16.7 Å². The lowest BCUT2D eigenvalue weighted by molar-refractivity contribution is -0.0838. The van der Waals surface area contributed by atoms with E-state index in [-0.39, 0.29) is 29.1 Å². The average molecular weight is 328 g/mol. The number of aliphatic hydroxyl groups excluding tert-OH is 1. The van der Waals surface area contributed by atoms with Gasteiger partial charge in [-0.2, -0.15) is 0 Å². The number of hydrogen-bond donors (Lipinski definition) is 3. The number of rotatable bonds is 6. The van der Waals surface area contributed by atoms with Crippen molar-refractivity contribution in [2.75, 3.05) is 19.7 Å². The van der Waals surface area contributed by atoms with Gasteiger partial charge in [-0.05, 0) is 37.0 Å². The van der Waals surface area contributed by atoms with Crippen LogP contribution in [-0.2, 0) is 4.74 Å². The Hall–Kier alpha value is -0.810. The van der Waals surface area contributed by atoms with Gasteiger partial charge in [0.1, 0.15) is 0 Å². The van der Waals surface area contributed by atoms with Crippen LogP contribution in [0.5, 0.6) is 0 Å². The number of nitrogens with one attached hydrogen (secondary N) is 2. The van der Waals surface area contributed by atoms with Crippen LogP contribution in [0.15, 0.2) is 0 Å². The van der Waals surface area contributed by atoms with Crippen molar-refractivity contribution in [2.24, 2.45) is 16.7 Å². The zero-order chi connectivity index (χ0) is 17.7. The number of aliphatic hydroxyl groups is 1. The monoisotopic (exact) mass is 328 g/mol. The summed E-state index contributed by atoms with van der Waals surface area (Å²) in [5.41, 5.74) is -0.0318. The van der Waals surface area contributed by atoms with Gasteiger partial charge in [-0.3, -0.25) is 0 Å². The zero-order valence-electron chi connectivity index (χ0n) is 15.7. The van der Waals surface area contributed by atoms with Crippen LogP contribution in [-0.4, -0.2) is 43.0 Å². The third kappa shape index (κ3) is 7.53. The molecule has 1 fully saturated rings. The molecule has 3 atom stereocenters. The highest BCUT2D eigenvalue weighted by Gasteiger charge is 2.35. The lowest BCUT2D eigenvalue weighted by Crippen LogP contribution is -2.48. The molecule has 0 aromatic rings. The van der Waals surface area contributed by atoms with Gasteiger partial charge >= 0.3 is 6.03 Å². The van der Waals surface area contributed by atoms with Gasteiger partial charge < -0.3 is 20.5 Å². The minimum atomic E-state index is -0.359. The molecule has 1 aliphatic heterocycles. The summed E-state index contributed by atoms with van der Waals surface area (Å²) in [6, 6.07) is -0.137. The van der Waals surface area contributed by atoms with Crippen molar-refractivity contribution in [3.63, 3.8) is 0 Å². The quantitative estimate of drug-likeness (QED) is 0.702. The Balaban J connectivity index is 2.40. The first-order chi connectivity index (χ1) is 10.5. The Morgan fingerprint density at radius 2 is 1.91 bits per heavy atom. The second-order valence-corrected chi connectivity index (χ2v) is 8.84. The van der Waals surface area contributed by atoms with Gasteiger partial charge in [0.2, 0.25) is 0 Å². The van der Waals surface area contributed by atoms with E-state index >= 15 is 0 Å². The molecule has 0 aromatic heterocycles. The van der Waals surface area contributed by atoms with Crippen molar-refractivity contribution in [3.05, 3.63) is 0 Å². The van der Waals surface area contributed by atoms with Crippen molar-refractivity contribution in [1.29, 1.82) is 0 Å². The Morgan fingerprint density at radius 3 is 2.48 bits per heavy atom. The van der Waals surface area contributed by atoms with Crippen molar-refractivity contribution in [1.82, 2.24) is 10.6 Å². The fraction of sp³-hybridized carbons (Fsp3) is 0.944. The summed E-state index contributed by atoms with van der Waals surface area (Å²) in [4.78, 5) is 12.0.